The highest BCUT2D eigenvalue weighted by atomic mass is 32.2. The van der Waals surface area contributed by atoms with Gasteiger partial charge in [-0.1, -0.05) is 17.7 Å². The summed E-state index contributed by atoms with van der Waals surface area (Å²) in [4.78, 5) is 5.31. The summed E-state index contributed by atoms with van der Waals surface area (Å²) in [7, 11) is 0. The predicted octanol–water partition coefficient (Wildman–Crippen LogP) is 3.47. The van der Waals surface area contributed by atoms with Crippen LogP contribution in [-0.2, 0) is 0 Å². The van der Waals surface area contributed by atoms with Crippen molar-refractivity contribution < 1.29 is 0 Å². The molecule has 5 heteroatoms. The van der Waals surface area contributed by atoms with E-state index in [0.717, 1.165) is 18.0 Å². The Balaban J connectivity index is 1.66. The van der Waals surface area contributed by atoms with Gasteiger partial charge in [-0.25, -0.2) is 0 Å². The molecule has 0 aliphatic heterocycles. The van der Waals surface area contributed by atoms with Crippen LogP contribution < -0.4 is 10.6 Å². The van der Waals surface area contributed by atoms with Gasteiger partial charge in [0.2, 0.25) is 0 Å². The predicted molar refractivity (Wildman–Crippen MR) is 90.4 cm³/mol. The molecule has 0 amide bonds. The fraction of sp³-hybridized carbons (Fsp3) is 0.200. The zero-order chi connectivity index (χ0) is 14.2. The van der Waals surface area contributed by atoms with Crippen molar-refractivity contribution in [3.8, 4) is 0 Å². The molecule has 1 aromatic carbocycles. The van der Waals surface area contributed by atoms with Crippen molar-refractivity contribution in [2.45, 2.75) is 11.8 Å². The van der Waals surface area contributed by atoms with E-state index in [1.165, 1.54) is 10.5 Å². The minimum atomic E-state index is 0.627. The Morgan fingerprint density at radius 2 is 2.05 bits per heavy atom. The van der Waals surface area contributed by atoms with Crippen molar-refractivity contribution in [2.75, 3.05) is 17.6 Å². The molecule has 1 heterocycles. The third kappa shape index (κ3) is 5.19. The third-order valence-electron chi connectivity index (χ3n) is 2.60. The first-order valence-corrected chi connectivity index (χ1v) is 7.78. The van der Waals surface area contributed by atoms with Gasteiger partial charge in [-0.2, -0.15) is 0 Å². The number of thioether (sulfide) groups is 1. The number of hydrogen-bond donors (Lipinski definition) is 2. The average Bonchev–Trinajstić information content (AvgIpc) is 2.46. The maximum absolute atomic E-state index is 5.22. The lowest BCUT2D eigenvalue weighted by Gasteiger charge is -2.09. The summed E-state index contributed by atoms with van der Waals surface area (Å²) in [5.41, 5.74) is 2.19. The summed E-state index contributed by atoms with van der Waals surface area (Å²) in [5.74, 6) is 0.970. The zero-order valence-electron chi connectivity index (χ0n) is 11.3. The number of thiocarbonyl (C=S) groups is 1. The van der Waals surface area contributed by atoms with Crippen molar-refractivity contribution in [2.24, 2.45) is 0 Å². The molecule has 2 rings (SSSR count). The molecule has 0 saturated carbocycles. The normalized spacial score (nSPS) is 10.1. The van der Waals surface area contributed by atoms with Gasteiger partial charge in [0, 0.05) is 23.4 Å². The van der Waals surface area contributed by atoms with Crippen LogP contribution in [0.1, 0.15) is 5.56 Å². The number of benzene rings is 1. The fourth-order valence-electron chi connectivity index (χ4n) is 1.58. The standard InChI is InChI=1S/C15H17N3S2/c1-12-4-6-14(7-5-12)20-10-9-17-15(19)18-13-3-2-8-16-11-13/h2-8,11H,9-10H2,1H3,(H2,17,18,19). The third-order valence-corrected chi connectivity index (χ3v) is 3.86. The van der Waals surface area contributed by atoms with Gasteiger partial charge in [-0.05, 0) is 43.4 Å². The number of rotatable bonds is 5. The molecule has 0 aliphatic rings. The lowest BCUT2D eigenvalue weighted by Crippen LogP contribution is -2.30. The molecule has 20 heavy (non-hydrogen) atoms. The van der Waals surface area contributed by atoms with Crippen molar-refractivity contribution in [3.05, 3.63) is 54.4 Å². The van der Waals surface area contributed by atoms with Crippen molar-refractivity contribution in [3.63, 3.8) is 0 Å². The number of aryl methyl sites for hydroxylation is 1. The van der Waals surface area contributed by atoms with Crippen LogP contribution in [0.4, 0.5) is 5.69 Å². The number of anilines is 1. The largest absolute Gasteiger partial charge is 0.362 e. The van der Waals surface area contributed by atoms with Gasteiger partial charge in [-0.3, -0.25) is 4.98 Å². The summed E-state index contributed by atoms with van der Waals surface area (Å²) < 4.78 is 0. The topological polar surface area (TPSA) is 37.0 Å². The summed E-state index contributed by atoms with van der Waals surface area (Å²) in [6.07, 6.45) is 3.48. The van der Waals surface area contributed by atoms with Crippen LogP contribution in [0.3, 0.4) is 0 Å². The number of nitrogens with one attached hydrogen (secondary N) is 2. The monoisotopic (exact) mass is 303 g/mol. The molecule has 1 aromatic heterocycles. The molecule has 104 valence electrons. The van der Waals surface area contributed by atoms with E-state index in [2.05, 4.69) is 46.8 Å². The van der Waals surface area contributed by atoms with Gasteiger partial charge in [0.1, 0.15) is 0 Å². The van der Waals surface area contributed by atoms with Gasteiger partial charge in [0.05, 0.1) is 11.9 Å². The summed E-state index contributed by atoms with van der Waals surface area (Å²) in [6.45, 7) is 2.92. The van der Waals surface area contributed by atoms with Crippen LogP contribution in [-0.4, -0.2) is 22.4 Å². The van der Waals surface area contributed by atoms with Gasteiger partial charge >= 0.3 is 0 Å². The molecule has 2 N–H and O–H groups in total. The second-order valence-electron chi connectivity index (χ2n) is 4.28. The Bertz CT molecular complexity index is 541. The molecule has 2 aromatic rings. The summed E-state index contributed by atoms with van der Waals surface area (Å²) in [6, 6.07) is 12.4. The number of aromatic nitrogens is 1. The second kappa shape index (κ2) is 7.87. The number of pyridine rings is 1. The maximum atomic E-state index is 5.22. The van der Waals surface area contributed by atoms with Crippen LogP contribution in [0.5, 0.6) is 0 Å². The van der Waals surface area contributed by atoms with Crippen molar-refractivity contribution >= 4 is 34.8 Å². The molecule has 0 radical (unpaired) electrons. The summed E-state index contributed by atoms with van der Waals surface area (Å²) in [5, 5.41) is 6.91. The Morgan fingerprint density at radius 3 is 2.75 bits per heavy atom. The number of nitrogens with zero attached hydrogens (tertiary/aromatic N) is 1. The van der Waals surface area contributed by atoms with Gasteiger partial charge in [0.25, 0.3) is 0 Å². The first kappa shape index (κ1) is 14.8. The Kier molecular flexibility index (Phi) is 5.83. The second-order valence-corrected chi connectivity index (χ2v) is 5.86. The first-order chi connectivity index (χ1) is 9.74. The van der Waals surface area contributed by atoms with Crippen LogP contribution >= 0.6 is 24.0 Å². The molecular weight excluding hydrogens is 286 g/mol. The van der Waals surface area contributed by atoms with Crippen LogP contribution in [0.15, 0.2) is 53.7 Å². The van der Waals surface area contributed by atoms with Gasteiger partial charge in [-0.15, -0.1) is 11.8 Å². The zero-order valence-corrected chi connectivity index (χ0v) is 12.9. The van der Waals surface area contributed by atoms with E-state index in [9.17, 15) is 0 Å². The summed E-state index contributed by atoms with van der Waals surface area (Å²) >= 11 is 7.04. The lowest BCUT2D eigenvalue weighted by molar-refractivity contribution is 0.989. The Hall–Kier alpha value is -1.59. The van der Waals surface area contributed by atoms with Crippen LogP contribution in [0.25, 0.3) is 0 Å². The highest BCUT2D eigenvalue weighted by Crippen LogP contribution is 2.17. The molecule has 0 atom stereocenters. The van der Waals surface area contributed by atoms with Gasteiger partial charge < -0.3 is 10.6 Å². The van der Waals surface area contributed by atoms with Crippen molar-refractivity contribution in [1.29, 1.82) is 0 Å². The quantitative estimate of drug-likeness (QED) is 0.502. The van der Waals surface area contributed by atoms with Gasteiger partial charge in [0.15, 0.2) is 5.11 Å². The van der Waals surface area contributed by atoms with Crippen LogP contribution in [0.2, 0.25) is 0 Å². The van der Waals surface area contributed by atoms with E-state index in [0.29, 0.717) is 5.11 Å². The molecule has 3 nitrogen and oxygen atoms in total. The Labute approximate surface area is 129 Å². The van der Waals surface area contributed by atoms with Crippen molar-refractivity contribution in [1.82, 2.24) is 10.3 Å². The fourth-order valence-corrected chi connectivity index (χ4v) is 2.57. The molecule has 0 bridgehead atoms. The van der Waals surface area contributed by atoms with E-state index < -0.39 is 0 Å². The average molecular weight is 303 g/mol. The highest BCUT2D eigenvalue weighted by Gasteiger charge is 1.97. The smallest absolute Gasteiger partial charge is 0.170 e. The molecular formula is C15H17N3S2. The Morgan fingerprint density at radius 1 is 1.25 bits per heavy atom. The minimum absolute atomic E-state index is 0.627. The maximum Gasteiger partial charge on any atom is 0.170 e. The minimum Gasteiger partial charge on any atom is -0.362 e. The molecule has 0 fully saturated rings. The van der Waals surface area contributed by atoms with Crippen LogP contribution in [0, 0.1) is 6.92 Å². The van der Waals surface area contributed by atoms with E-state index >= 15 is 0 Å². The molecule has 0 saturated heterocycles. The molecule has 0 aliphatic carbocycles. The lowest BCUT2D eigenvalue weighted by atomic mass is 10.2. The van der Waals surface area contributed by atoms with E-state index in [-0.39, 0.29) is 0 Å². The van der Waals surface area contributed by atoms with E-state index in [1.807, 2.05) is 23.9 Å². The highest BCUT2D eigenvalue weighted by molar-refractivity contribution is 7.99. The van der Waals surface area contributed by atoms with E-state index in [4.69, 9.17) is 12.2 Å². The van der Waals surface area contributed by atoms with E-state index in [1.54, 1.807) is 12.4 Å². The number of hydrogen-bond acceptors (Lipinski definition) is 3. The first-order valence-electron chi connectivity index (χ1n) is 6.38. The molecule has 0 spiro atoms. The SMILES string of the molecule is Cc1ccc(SCCNC(=S)Nc2cccnc2)cc1. The molecule has 0 unspecified atom stereocenters.